The number of nitriles is 1. The highest BCUT2D eigenvalue weighted by atomic mass is 19.1. The fourth-order valence-corrected chi connectivity index (χ4v) is 4.78. The van der Waals surface area contributed by atoms with Gasteiger partial charge in [-0.25, -0.2) is 9.07 Å². The first-order valence-corrected chi connectivity index (χ1v) is 12.5. The van der Waals surface area contributed by atoms with Crippen LogP contribution < -0.4 is 5.73 Å². The van der Waals surface area contributed by atoms with Crippen molar-refractivity contribution in [3.8, 4) is 28.5 Å². The first-order valence-electron chi connectivity index (χ1n) is 12.5. The molecule has 3 heterocycles. The second-order valence-electron chi connectivity index (χ2n) is 10.4. The zero-order valence-corrected chi connectivity index (χ0v) is 21.3. The van der Waals surface area contributed by atoms with Crippen LogP contribution in [0.2, 0.25) is 0 Å². The number of aliphatic hydroxyl groups is 1. The Kier molecular flexibility index (Phi) is 6.69. The zero-order chi connectivity index (χ0) is 27.0. The van der Waals surface area contributed by atoms with E-state index in [1.54, 1.807) is 40.4 Å². The molecule has 38 heavy (non-hydrogen) atoms. The van der Waals surface area contributed by atoms with E-state index in [2.05, 4.69) is 15.4 Å². The van der Waals surface area contributed by atoms with Gasteiger partial charge in [0.2, 0.25) is 5.91 Å². The molecule has 1 aliphatic heterocycles. The van der Waals surface area contributed by atoms with Gasteiger partial charge in [0.1, 0.15) is 29.6 Å². The average molecular weight is 517 g/mol. The van der Waals surface area contributed by atoms with E-state index < -0.39 is 11.4 Å². The molecule has 2 aromatic carbocycles. The number of benzene rings is 2. The van der Waals surface area contributed by atoms with Crippen molar-refractivity contribution in [1.82, 2.24) is 29.7 Å². The van der Waals surface area contributed by atoms with Crippen molar-refractivity contribution in [2.75, 3.05) is 13.1 Å². The van der Waals surface area contributed by atoms with Gasteiger partial charge in [0.25, 0.3) is 0 Å². The van der Waals surface area contributed by atoms with Gasteiger partial charge in [-0.2, -0.15) is 10.4 Å². The van der Waals surface area contributed by atoms with E-state index in [1.807, 2.05) is 24.3 Å². The lowest BCUT2D eigenvalue weighted by Crippen LogP contribution is -2.46. The average Bonchev–Trinajstić information content (AvgIpc) is 3.46. The van der Waals surface area contributed by atoms with Crippen molar-refractivity contribution in [1.29, 1.82) is 5.26 Å². The third kappa shape index (κ3) is 5.27. The van der Waals surface area contributed by atoms with E-state index >= 15 is 0 Å². The minimum Gasteiger partial charge on any atom is -0.389 e. The number of fused-ring (bicyclic) bond motifs is 1. The Labute approximate surface area is 219 Å². The number of carbonyl (C=O) groups is 1. The monoisotopic (exact) mass is 516 g/mol. The number of amides is 1. The number of hydrogen-bond donors (Lipinski definition) is 2. The molecule has 1 atom stereocenters. The molecule has 2 aromatic heterocycles. The molecule has 11 heteroatoms. The van der Waals surface area contributed by atoms with Crippen molar-refractivity contribution in [3.05, 3.63) is 54.0 Å². The third-order valence-electron chi connectivity index (χ3n) is 6.59. The van der Waals surface area contributed by atoms with Gasteiger partial charge in [-0.3, -0.25) is 9.48 Å². The quantitative estimate of drug-likeness (QED) is 0.402. The molecule has 0 radical (unpaired) electrons. The first-order chi connectivity index (χ1) is 18.1. The van der Waals surface area contributed by atoms with Crippen LogP contribution in [0.1, 0.15) is 32.3 Å². The van der Waals surface area contributed by atoms with E-state index in [-0.39, 0.29) is 30.6 Å². The standard InChI is InChI=1S/C27H29FN8O2/c1-27(2,38)16-36-24-8-7-17(11-23(24)31-33-36)21-14-35(15-25(37)34-9-3-4-20(30)13-34)32-26(21)18-5-6-19(12-29)22(28)10-18/h5-8,10-11,14,20,38H,3-4,9,13,15-16,30H2,1-2H3. The van der Waals surface area contributed by atoms with Crippen LogP contribution in [0.25, 0.3) is 33.4 Å². The molecule has 0 bridgehead atoms. The second kappa shape index (κ2) is 9.96. The van der Waals surface area contributed by atoms with Gasteiger partial charge >= 0.3 is 0 Å². The Hall–Kier alpha value is -4.14. The van der Waals surface area contributed by atoms with Gasteiger partial charge in [0.15, 0.2) is 0 Å². The largest absolute Gasteiger partial charge is 0.389 e. The number of piperidine rings is 1. The van der Waals surface area contributed by atoms with Gasteiger partial charge in [-0.15, -0.1) is 5.10 Å². The predicted octanol–water partition coefficient (Wildman–Crippen LogP) is 2.69. The smallest absolute Gasteiger partial charge is 0.244 e. The molecule has 0 saturated carbocycles. The summed E-state index contributed by atoms with van der Waals surface area (Å²) in [6.45, 7) is 4.86. The topological polar surface area (TPSA) is 139 Å². The highest BCUT2D eigenvalue weighted by molar-refractivity contribution is 5.87. The summed E-state index contributed by atoms with van der Waals surface area (Å²) in [6, 6.07) is 11.7. The number of nitrogens with zero attached hydrogens (tertiary/aromatic N) is 7. The maximum Gasteiger partial charge on any atom is 0.244 e. The normalized spacial score (nSPS) is 16.1. The maximum atomic E-state index is 14.5. The summed E-state index contributed by atoms with van der Waals surface area (Å²) in [4.78, 5) is 14.8. The van der Waals surface area contributed by atoms with E-state index in [1.165, 1.54) is 12.1 Å². The van der Waals surface area contributed by atoms with E-state index in [9.17, 15) is 14.3 Å². The molecular formula is C27H29FN8O2. The SMILES string of the molecule is CC(C)(O)Cn1nnc2cc(-c3cn(CC(=O)N4CCCC(N)C4)nc3-c3ccc(C#N)c(F)c3)ccc21. The number of likely N-dealkylation sites (tertiary alicyclic amines) is 1. The molecule has 196 valence electrons. The third-order valence-corrected chi connectivity index (χ3v) is 6.59. The number of carbonyl (C=O) groups excluding carboxylic acids is 1. The second-order valence-corrected chi connectivity index (χ2v) is 10.4. The lowest BCUT2D eigenvalue weighted by Gasteiger charge is -2.30. The minimum absolute atomic E-state index is 0.0164. The molecule has 1 unspecified atom stereocenters. The summed E-state index contributed by atoms with van der Waals surface area (Å²) < 4.78 is 17.7. The lowest BCUT2D eigenvalue weighted by molar-refractivity contribution is -0.133. The Balaban J connectivity index is 1.54. The maximum absolute atomic E-state index is 14.5. The number of aromatic nitrogens is 5. The molecule has 0 aliphatic carbocycles. The summed E-state index contributed by atoms with van der Waals surface area (Å²) in [6.07, 6.45) is 3.52. The molecular weight excluding hydrogens is 487 g/mol. The number of halogens is 1. The van der Waals surface area contributed by atoms with Gasteiger partial charge in [0.05, 0.1) is 23.2 Å². The van der Waals surface area contributed by atoms with Gasteiger partial charge in [-0.1, -0.05) is 17.3 Å². The van der Waals surface area contributed by atoms with Crippen LogP contribution in [0.15, 0.2) is 42.6 Å². The summed E-state index contributed by atoms with van der Waals surface area (Å²) >= 11 is 0. The first kappa shape index (κ1) is 25.5. The summed E-state index contributed by atoms with van der Waals surface area (Å²) in [5, 5.41) is 32.4. The van der Waals surface area contributed by atoms with Crippen LogP contribution in [0, 0.1) is 17.1 Å². The molecule has 10 nitrogen and oxygen atoms in total. The summed E-state index contributed by atoms with van der Waals surface area (Å²) in [7, 11) is 0. The number of nitrogens with two attached hydrogens (primary N) is 1. The molecule has 1 aliphatic rings. The van der Waals surface area contributed by atoms with E-state index in [0.717, 1.165) is 23.9 Å². The molecule has 1 saturated heterocycles. The van der Waals surface area contributed by atoms with Crippen LogP contribution >= 0.6 is 0 Å². The van der Waals surface area contributed by atoms with Crippen LogP contribution in [0.3, 0.4) is 0 Å². The predicted molar refractivity (Wildman–Crippen MR) is 139 cm³/mol. The van der Waals surface area contributed by atoms with E-state index in [4.69, 9.17) is 11.0 Å². The molecule has 5 rings (SSSR count). The number of hydrogen-bond acceptors (Lipinski definition) is 7. The van der Waals surface area contributed by atoms with Gasteiger partial charge < -0.3 is 15.7 Å². The Morgan fingerprint density at radius 3 is 2.76 bits per heavy atom. The zero-order valence-electron chi connectivity index (χ0n) is 21.3. The van der Waals surface area contributed by atoms with Crippen LogP contribution in [-0.2, 0) is 17.9 Å². The summed E-state index contributed by atoms with van der Waals surface area (Å²) in [5.41, 5.74) is 8.80. The van der Waals surface area contributed by atoms with Crippen molar-refractivity contribution in [3.63, 3.8) is 0 Å². The van der Waals surface area contributed by atoms with E-state index in [0.29, 0.717) is 35.4 Å². The number of rotatable bonds is 6. The molecule has 3 N–H and O–H groups in total. The van der Waals surface area contributed by atoms with Crippen molar-refractivity contribution >= 4 is 16.9 Å². The summed E-state index contributed by atoms with van der Waals surface area (Å²) in [5.74, 6) is -0.731. The van der Waals surface area contributed by atoms with Crippen LogP contribution in [-0.4, -0.2) is 65.4 Å². The highest BCUT2D eigenvalue weighted by Gasteiger charge is 2.23. The van der Waals surface area contributed by atoms with Crippen LogP contribution in [0.5, 0.6) is 0 Å². The Morgan fingerprint density at radius 2 is 2.05 bits per heavy atom. The van der Waals surface area contributed by atoms with Crippen molar-refractivity contribution in [2.24, 2.45) is 5.73 Å². The van der Waals surface area contributed by atoms with Gasteiger partial charge in [0, 0.05) is 36.5 Å². The molecule has 0 spiro atoms. The fraction of sp³-hybridized carbons (Fsp3) is 0.370. The Morgan fingerprint density at radius 1 is 1.26 bits per heavy atom. The molecule has 4 aromatic rings. The fourth-order valence-electron chi connectivity index (χ4n) is 4.78. The minimum atomic E-state index is -0.960. The van der Waals surface area contributed by atoms with Gasteiger partial charge in [-0.05, 0) is 56.5 Å². The molecule has 1 amide bonds. The van der Waals surface area contributed by atoms with Crippen molar-refractivity contribution < 1.29 is 14.3 Å². The highest BCUT2D eigenvalue weighted by Crippen LogP contribution is 2.33. The lowest BCUT2D eigenvalue weighted by atomic mass is 10.0. The molecule has 1 fully saturated rings. The Bertz CT molecular complexity index is 1540. The van der Waals surface area contributed by atoms with Crippen LogP contribution in [0.4, 0.5) is 4.39 Å². The van der Waals surface area contributed by atoms with Crippen molar-refractivity contribution in [2.45, 2.75) is 51.4 Å².